The number of carbonyl (C=O) groups excluding carboxylic acids is 3. The molecule has 5 atom stereocenters. The van der Waals surface area contributed by atoms with Crippen LogP contribution in [0.5, 0.6) is 5.75 Å². The standard InChI is InChI=1S/C28H35N3O7/c1-12(2)31-7-5-6-17(31)13-8-14-9-15-10-16-22(30(3)4)24(34)21(27(29)37)26(36)28(16,38)25(35)20(15)23(33)19(14)18(32)11-13/h8,11-12,15-17,22,32-33,36,38H,5-7,9-10H2,1-4H3,(H2,29,37)/t15-,16-,17?,22-,28-/m0/s1. The molecule has 1 heterocycles. The average Bonchev–Trinajstić information content (AvgIpc) is 3.31. The molecule has 1 saturated carbocycles. The van der Waals surface area contributed by atoms with Gasteiger partial charge >= 0.3 is 0 Å². The van der Waals surface area contributed by atoms with Gasteiger partial charge in [0, 0.05) is 23.6 Å². The van der Waals surface area contributed by atoms with Crippen LogP contribution in [0.3, 0.4) is 0 Å². The van der Waals surface area contributed by atoms with Crippen LogP contribution < -0.4 is 5.73 Å². The number of hydrogen-bond donors (Lipinski definition) is 5. The summed E-state index contributed by atoms with van der Waals surface area (Å²) in [5.74, 6) is -6.36. The van der Waals surface area contributed by atoms with E-state index in [1.165, 1.54) is 4.90 Å². The van der Waals surface area contributed by atoms with Crippen LogP contribution in [-0.2, 0) is 20.8 Å². The molecule has 0 aromatic heterocycles. The van der Waals surface area contributed by atoms with E-state index in [2.05, 4.69) is 18.7 Å². The molecule has 0 spiro atoms. The number of likely N-dealkylation sites (tertiary alicyclic amines) is 1. The fraction of sp³-hybridized carbons (Fsp3) is 0.536. The first kappa shape index (κ1) is 26.4. The smallest absolute Gasteiger partial charge is 0.255 e. The van der Waals surface area contributed by atoms with Crippen molar-refractivity contribution in [3.8, 4) is 5.75 Å². The van der Waals surface area contributed by atoms with Gasteiger partial charge in [-0.1, -0.05) is 6.07 Å². The number of hydrogen-bond acceptors (Lipinski definition) is 9. The highest BCUT2D eigenvalue weighted by atomic mass is 16.3. The van der Waals surface area contributed by atoms with E-state index in [9.17, 15) is 34.8 Å². The Labute approximate surface area is 221 Å². The van der Waals surface area contributed by atoms with Gasteiger partial charge in [-0.05, 0) is 83.3 Å². The van der Waals surface area contributed by atoms with Crippen LogP contribution in [0.2, 0.25) is 0 Å². The molecule has 1 saturated heterocycles. The van der Waals surface area contributed by atoms with Crippen molar-refractivity contribution in [2.75, 3.05) is 20.6 Å². The van der Waals surface area contributed by atoms with Crippen LogP contribution in [0.1, 0.15) is 55.8 Å². The van der Waals surface area contributed by atoms with Crippen LogP contribution in [0, 0.1) is 11.8 Å². The molecule has 1 aromatic rings. The normalized spacial score (nSPS) is 31.7. The van der Waals surface area contributed by atoms with Crippen molar-refractivity contribution >= 4 is 23.2 Å². The van der Waals surface area contributed by atoms with Crippen LogP contribution in [0.4, 0.5) is 0 Å². The summed E-state index contributed by atoms with van der Waals surface area (Å²) >= 11 is 0. The number of phenols is 1. The zero-order valence-electron chi connectivity index (χ0n) is 22.1. The summed E-state index contributed by atoms with van der Waals surface area (Å²) in [7, 11) is 3.17. The summed E-state index contributed by atoms with van der Waals surface area (Å²) in [5.41, 5.74) is 3.53. The zero-order chi connectivity index (χ0) is 27.8. The molecule has 2 fully saturated rings. The number of rotatable bonds is 4. The van der Waals surface area contributed by atoms with Crippen LogP contribution in [0.25, 0.3) is 5.76 Å². The van der Waals surface area contributed by atoms with Gasteiger partial charge in [-0.3, -0.25) is 24.2 Å². The molecule has 1 aromatic carbocycles. The highest BCUT2D eigenvalue weighted by Gasteiger charge is 2.64. The number of nitrogens with zero attached hydrogens (tertiary/aromatic N) is 2. The molecule has 1 unspecified atom stereocenters. The fourth-order valence-corrected chi connectivity index (χ4v) is 7.25. The third kappa shape index (κ3) is 3.54. The molecule has 1 aliphatic heterocycles. The Morgan fingerprint density at radius 2 is 1.87 bits per heavy atom. The van der Waals surface area contributed by atoms with E-state index >= 15 is 0 Å². The Balaban J connectivity index is 1.65. The number of aliphatic hydroxyl groups excluding tert-OH is 2. The third-order valence-electron chi connectivity index (χ3n) is 8.89. The molecular weight excluding hydrogens is 490 g/mol. The number of fused-ring (bicyclic) bond motifs is 3. The van der Waals surface area contributed by atoms with E-state index < -0.39 is 58.0 Å². The fourth-order valence-electron chi connectivity index (χ4n) is 7.25. The van der Waals surface area contributed by atoms with Gasteiger partial charge in [0.15, 0.2) is 11.4 Å². The second kappa shape index (κ2) is 8.93. The highest BCUT2D eigenvalue weighted by Crippen LogP contribution is 2.53. The number of primary amides is 1. The summed E-state index contributed by atoms with van der Waals surface area (Å²) in [6.45, 7) is 5.22. The number of nitrogens with two attached hydrogens (primary N) is 1. The van der Waals surface area contributed by atoms with E-state index in [0.717, 1.165) is 24.9 Å². The molecule has 6 N–H and O–H groups in total. The first-order valence-corrected chi connectivity index (χ1v) is 13.1. The molecule has 4 aliphatic rings. The number of aliphatic hydroxyl groups is 3. The van der Waals surface area contributed by atoms with E-state index in [4.69, 9.17) is 5.73 Å². The van der Waals surface area contributed by atoms with Crippen molar-refractivity contribution in [2.45, 2.75) is 63.3 Å². The number of likely N-dealkylation sites (N-methyl/N-ethyl adjacent to an activating group) is 1. The van der Waals surface area contributed by atoms with Gasteiger partial charge < -0.3 is 26.2 Å². The summed E-state index contributed by atoms with van der Waals surface area (Å²) in [6, 6.07) is 2.95. The molecular formula is C28H35N3O7. The minimum atomic E-state index is -2.62. The lowest BCUT2D eigenvalue weighted by Gasteiger charge is -2.50. The van der Waals surface area contributed by atoms with E-state index in [-0.39, 0.29) is 29.3 Å². The van der Waals surface area contributed by atoms with Gasteiger partial charge in [0.05, 0.1) is 11.6 Å². The third-order valence-corrected chi connectivity index (χ3v) is 8.89. The Morgan fingerprint density at radius 1 is 1.18 bits per heavy atom. The predicted molar refractivity (Wildman–Crippen MR) is 138 cm³/mol. The molecule has 1 amide bonds. The molecule has 10 heteroatoms. The van der Waals surface area contributed by atoms with Gasteiger partial charge in [0.2, 0.25) is 5.78 Å². The van der Waals surface area contributed by atoms with Crippen molar-refractivity contribution in [3.05, 3.63) is 45.7 Å². The maximum Gasteiger partial charge on any atom is 0.255 e. The Morgan fingerprint density at radius 3 is 2.47 bits per heavy atom. The Kier molecular flexibility index (Phi) is 6.20. The minimum absolute atomic E-state index is 0.0816. The zero-order valence-corrected chi connectivity index (χ0v) is 22.1. The quantitative estimate of drug-likeness (QED) is 0.366. The number of phenolic OH excluding ortho intramolecular Hbond substituents is 1. The lowest BCUT2D eigenvalue weighted by molar-refractivity contribution is -0.153. The molecule has 3 aliphatic carbocycles. The summed E-state index contributed by atoms with van der Waals surface area (Å²) < 4.78 is 0. The first-order chi connectivity index (χ1) is 17.8. The van der Waals surface area contributed by atoms with E-state index in [1.807, 2.05) is 6.07 Å². The summed E-state index contributed by atoms with van der Waals surface area (Å²) in [4.78, 5) is 43.0. The van der Waals surface area contributed by atoms with Crippen molar-refractivity contribution in [2.24, 2.45) is 17.6 Å². The van der Waals surface area contributed by atoms with Gasteiger partial charge in [-0.25, -0.2) is 0 Å². The molecule has 0 bridgehead atoms. The van der Waals surface area contributed by atoms with Gasteiger partial charge in [-0.15, -0.1) is 0 Å². The predicted octanol–water partition coefficient (Wildman–Crippen LogP) is 1.51. The largest absolute Gasteiger partial charge is 0.508 e. The minimum Gasteiger partial charge on any atom is -0.508 e. The molecule has 204 valence electrons. The van der Waals surface area contributed by atoms with Gasteiger partial charge in [0.25, 0.3) is 5.91 Å². The number of Topliss-reactive ketones (excluding diaryl/α,β-unsaturated/α-hetero) is 2. The number of benzene rings is 1. The van der Waals surface area contributed by atoms with Crippen molar-refractivity contribution in [3.63, 3.8) is 0 Å². The lowest BCUT2D eigenvalue weighted by atomic mass is 9.57. The lowest BCUT2D eigenvalue weighted by Crippen LogP contribution is -2.65. The molecule has 38 heavy (non-hydrogen) atoms. The van der Waals surface area contributed by atoms with E-state index in [1.54, 1.807) is 20.2 Å². The van der Waals surface area contributed by atoms with E-state index in [0.29, 0.717) is 18.0 Å². The van der Waals surface area contributed by atoms with Crippen LogP contribution >= 0.6 is 0 Å². The maximum atomic E-state index is 13.9. The monoisotopic (exact) mass is 525 g/mol. The number of carbonyl (C=O) groups is 3. The molecule has 5 rings (SSSR count). The van der Waals surface area contributed by atoms with Crippen LogP contribution in [0.15, 0.2) is 29.0 Å². The van der Waals surface area contributed by atoms with Gasteiger partial charge in [0.1, 0.15) is 22.8 Å². The molecule has 0 radical (unpaired) electrons. The second-order valence-electron chi connectivity index (χ2n) is 11.5. The summed E-state index contributed by atoms with van der Waals surface area (Å²) in [5, 5.41) is 44.9. The number of amides is 1. The second-order valence-corrected chi connectivity index (χ2v) is 11.5. The highest BCUT2D eigenvalue weighted by molar-refractivity contribution is 6.24. The Hall–Kier alpha value is -3.21. The van der Waals surface area contributed by atoms with Crippen LogP contribution in [-0.4, -0.2) is 86.0 Å². The van der Waals surface area contributed by atoms with Crippen molar-refractivity contribution in [1.82, 2.24) is 9.80 Å². The van der Waals surface area contributed by atoms with Crippen molar-refractivity contribution < 1.29 is 34.8 Å². The topological polar surface area (TPSA) is 165 Å². The van der Waals surface area contributed by atoms with Crippen molar-refractivity contribution in [1.29, 1.82) is 0 Å². The Bertz CT molecular complexity index is 1310. The van der Waals surface area contributed by atoms with Gasteiger partial charge in [-0.2, -0.15) is 0 Å². The maximum absolute atomic E-state index is 13.9. The average molecular weight is 526 g/mol. The number of aromatic hydroxyl groups is 1. The SMILES string of the molecule is CC(C)N1CCCC1c1cc(O)c2c(c1)C[C@H]1C[C@H]3[C@H](N(C)C)C(=O)C(C(N)=O)=C(O)[C@@]3(O)C(=O)C1=C2O. The molecule has 10 nitrogen and oxygen atoms in total. The summed E-state index contributed by atoms with van der Waals surface area (Å²) in [6.07, 6.45) is 2.36. The number of ketones is 2. The first-order valence-electron chi connectivity index (χ1n) is 13.1.